The molecule has 16 N–H and O–H groups in total. The molecule has 578 valence electrons. The Morgan fingerprint density at radius 1 is 0.552 bits per heavy atom. The molecule has 105 heavy (non-hydrogen) atoms. The van der Waals surface area contributed by atoms with Crippen LogP contribution in [0, 0.1) is 27.1 Å². The molecule has 0 saturated heterocycles. The van der Waals surface area contributed by atoms with E-state index in [1.165, 1.54) is 52.2 Å². The van der Waals surface area contributed by atoms with Gasteiger partial charge in [0, 0.05) is 63.6 Å². The Labute approximate surface area is 620 Å². The van der Waals surface area contributed by atoms with Gasteiger partial charge in [-0.25, -0.2) is 29.1 Å². The monoisotopic (exact) mass is 1470 g/mol. The number of hydrogen-bond acceptors (Lipinski definition) is 21. The maximum atomic E-state index is 11.5. The van der Waals surface area contributed by atoms with Gasteiger partial charge in [0.15, 0.2) is 11.2 Å². The second-order valence-corrected chi connectivity index (χ2v) is 32.7. The van der Waals surface area contributed by atoms with Gasteiger partial charge in [0.2, 0.25) is 23.8 Å². The number of aromatic amines is 2. The van der Waals surface area contributed by atoms with Gasteiger partial charge in [-0.1, -0.05) is 212 Å². The fraction of sp³-hybridized carbons (Fsp3) is 0.474. The summed E-state index contributed by atoms with van der Waals surface area (Å²) in [5.74, 6) is -1.38. The molecule has 0 spiro atoms. The van der Waals surface area contributed by atoms with E-state index < -0.39 is 11.9 Å². The maximum absolute atomic E-state index is 11.5. The first-order valence-electron chi connectivity index (χ1n) is 34.5. The molecular weight excluding hydrogens is 1350 g/mol. The Kier molecular flexibility index (Phi) is 41.5. The third-order valence-corrected chi connectivity index (χ3v) is 15.1. The van der Waals surface area contributed by atoms with Gasteiger partial charge in [0.25, 0.3) is 11.1 Å². The number of aromatic nitrogens is 13. The van der Waals surface area contributed by atoms with E-state index in [4.69, 9.17) is 44.0 Å². The zero-order valence-corrected chi connectivity index (χ0v) is 66.8. The van der Waals surface area contributed by atoms with Crippen molar-refractivity contribution in [3.05, 3.63) is 193 Å². The van der Waals surface area contributed by atoms with E-state index in [0.29, 0.717) is 41.2 Å². The largest absolute Gasteiger partial charge is 0.477 e. The summed E-state index contributed by atoms with van der Waals surface area (Å²) < 4.78 is 4.92. The van der Waals surface area contributed by atoms with E-state index in [0.717, 1.165) is 19.6 Å². The first-order chi connectivity index (χ1) is 48.6. The predicted octanol–water partition coefficient (Wildman–Crippen LogP) is 11.1. The highest BCUT2D eigenvalue weighted by atomic mass is 31.1. The van der Waals surface area contributed by atoms with Crippen LogP contribution in [-0.2, 0) is 25.0 Å². The number of imidazole rings is 1. The minimum absolute atomic E-state index is 0.0298. The molecule has 0 unspecified atom stereocenters. The maximum Gasteiger partial charge on any atom is 0.354 e. The van der Waals surface area contributed by atoms with Crippen LogP contribution >= 0.6 is 7.92 Å². The van der Waals surface area contributed by atoms with Gasteiger partial charge in [-0.05, 0) is 113 Å². The minimum Gasteiger partial charge on any atom is -0.477 e. The van der Waals surface area contributed by atoms with Crippen LogP contribution < -0.4 is 67.1 Å². The Morgan fingerprint density at radius 3 is 1.37 bits per heavy atom. The van der Waals surface area contributed by atoms with E-state index in [2.05, 4.69) is 199 Å². The first-order valence-corrected chi connectivity index (χ1v) is 36.0. The Morgan fingerprint density at radius 2 is 0.990 bits per heavy atom. The van der Waals surface area contributed by atoms with Crippen LogP contribution in [0.3, 0.4) is 0 Å². The average Bonchev–Trinajstić information content (AvgIpc) is 1.64. The van der Waals surface area contributed by atoms with E-state index in [1.54, 1.807) is 42.5 Å². The summed E-state index contributed by atoms with van der Waals surface area (Å²) in [6.07, 6.45) is 10.9. The number of rotatable bonds is 11. The van der Waals surface area contributed by atoms with Gasteiger partial charge in [-0.3, -0.25) is 29.1 Å². The van der Waals surface area contributed by atoms with Gasteiger partial charge < -0.3 is 58.4 Å². The molecule has 29 heteroatoms. The van der Waals surface area contributed by atoms with Crippen molar-refractivity contribution in [2.75, 3.05) is 54.1 Å². The summed E-state index contributed by atoms with van der Waals surface area (Å²) in [5, 5.41) is 31.3. The van der Waals surface area contributed by atoms with Crippen LogP contribution in [0.25, 0.3) is 11.2 Å². The number of nitrogens with two attached hydrogens (primary N) is 5. The highest BCUT2D eigenvalue weighted by Gasteiger charge is 2.22. The SMILES string of the molecule is CC.CC(C)(C)CCP(c1ccccc1)c1ccccc1.CC(C)(C)CNc1nc(N)nc(N)n1.CC(C)(C)Cn1ccc(=O)[nH]c1=O.CC(C)(C)Cn1ccc(N)nc1=O.CC(C)(C)Cn1cnc2c(=O)[nH]c(N)nc21.CC(C)(C)c1cc(C(=O)O)nc(C(=O)O)c1.CCN.CCO.c1ccncc1. The number of H-pyrrole nitrogens is 2. The second-order valence-electron chi connectivity index (χ2n) is 30.3. The average molecular weight is 1470 g/mol. The first kappa shape index (κ1) is 94.9. The van der Waals surface area contributed by atoms with Crippen LogP contribution in [0.5, 0.6) is 0 Å². The second kappa shape index (κ2) is 45.9. The molecule has 0 saturated carbocycles. The normalized spacial score (nSPS) is 10.9. The molecule has 0 aliphatic heterocycles. The van der Waals surface area contributed by atoms with Gasteiger partial charge in [-0.2, -0.15) is 24.9 Å². The van der Waals surface area contributed by atoms with Crippen molar-refractivity contribution in [1.82, 2.24) is 63.5 Å². The van der Waals surface area contributed by atoms with E-state index >= 15 is 0 Å². The lowest BCUT2D eigenvalue weighted by Gasteiger charge is -2.24. The molecule has 0 aliphatic rings. The highest BCUT2D eigenvalue weighted by molar-refractivity contribution is 7.73. The topological polar surface area (TPSA) is 455 Å². The van der Waals surface area contributed by atoms with Crippen LogP contribution in [0.2, 0.25) is 0 Å². The molecule has 9 rings (SSSR count). The Bertz CT molecular complexity index is 4080. The van der Waals surface area contributed by atoms with Gasteiger partial charge >= 0.3 is 23.3 Å². The number of nitrogen functional groups attached to an aromatic ring is 4. The van der Waals surface area contributed by atoms with Crippen molar-refractivity contribution in [1.29, 1.82) is 0 Å². The standard InChI is InChI=1S/C18H23P.C11H13NO4.C10H15N5O.C9H15N3O.C9H14N2O2.C8H16N6.C5H5N.C2H7N.C2H6O.C2H6/c1-18(2,3)14-15-19(16-10-6-4-7-11-16)17-12-8-5-9-13-17;1-11(2,3)6-4-7(9(13)14)12-8(5-6)10(15)16;1-10(2,3)4-15-5-12-6-7(15)13-9(11)14-8(6)16;1-9(2,3)6-12-5-4-7(10)11-8(12)13;1-9(2,3)6-11-5-4-7(12)10-8(11)13;1-8(2,3)4-11-7-13-5(9)12-6(10)14-7;1-2-4-6-5-3-1;2*1-2-3;1-2/h4-13H,14-15H2,1-3H3;4-5H,1-3H3,(H,13,14)(H,15,16);5H,4H2,1-3H3,(H3,11,13,14,16);4-5H,6H2,1-3H3,(H2,10,11,13);4-5H,6H2,1-3H3,(H,10,12,13);4H2,1-3H3,(H5,9,10,11,12,13,14);1-5H;2-3H2,1H3;3H,2H2,1H3;1-2H3. The number of carbonyl (C=O) groups is 2. The van der Waals surface area contributed by atoms with Gasteiger partial charge in [0.05, 0.1) is 6.33 Å². The number of aliphatic hydroxyl groups is 1. The number of carboxylic acids is 2. The molecule has 9 aromatic rings. The zero-order valence-electron chi connectivity index (χ0n) is 65.9. The fourth-order valence-electron chi connectivity index (χ4n) is 8.15. The van der Waals surface area contributed by atoms with Crippen LogP contribution in [0.1, 0.15) is 185 Å². The molecule has 28 nitrogen and oxygen atoms in total. The number of hydrogen-bond donors (Lipinski definition) is 11. The molecule has 7 heterocycles. The van der Waals surface area contributed by atoms with Gasteiger partial charge in [-0.15, -0.1) is 0 Å². The van der Waals surface area contributed by atoms with Crippen LogP contribution in [-0.4, -0.2) is 117 Å². The number of aliphatic hydroxyl groups excluding tert-OH is 1. The van der Waals surface area contributed by atoms with E-state index in [9.17, 15) is 28.8 Å². The summed E-state index contributed by atoms with van der Waals surface area (Å²) in [6.45, 7) is 48.9. The fourth-order valence-corrected chi connectivity index (χ4v) is 10.9. The lowest BCUT2D eigenvalue weighted by molar-refractivity contribution is 0.0684. The molecule has 2 aromatic carbocycles. The van der Waals surface area contributed by atoms with E-state index in [1.807, 2.05) is 85.1 Å². The summed E-state index contributed by atoms with van der Waals surface area (Å²) in [7, 11) is -0.215. The highest BCUT2D eigenvalue weighted by Crippen LogP contribution is 2.37. The number of fused-ring (bicyclic) bond motifs is 1. The molecule has 0 atom stereocenters. The number of nitrogens with one attached hydrogen (secondary N) is 3. The molecule has 0 aliphatic carbocycles. The summed E-state index contributed by atoms with van der Waals surface area (Å²) in [6, 6.07) is 33.4. The molecular formula is C76H120N19O9P. The lowest BCUT2D eigenvalue weighted by atomic mass is 9.86. The summed E-state index contributed by atoms with van der Waals surface area (Å²) in [5.41, 5.74) is 26.7. The zero-order chi connectivity index (χ0) is 80.7. The number of benzene rings is 2. The van der Waals surface area contributed by atoms with Crippen molar-refractivity contribution in [3.8, 4) is 0 Å². The third kappa shape index (κ3) is 43.0. The van der Waals surface area contributed by atoms with Crippen LogP contribution in [0.15, 0.2) is 153 Å². The number of anilines is 5. The molecule has 0 radical (unpaired) electrons. The Hall–Kier alpha value is -10.1. The molecule has 0 bridgehead atoms. The van der Waals surface area contributed by atoms with Gasteiger partial charge in [0.1, 0.15) is 17.2 Å². The predicted molar refractivity (Wildman–Crippen MR) is 430 cm³/mol. The number of pyridine rings is 2. The van der Waals surface area contributed by atoms with Crippen molar-refractivity contribution in [2.24, 2.45) is 32.8 Å². The molecule has 0 amide bonds. The third-order valence-electron chi connectivity index (χ3n) is 12.6. The number of carboxylic acid groups (broad SMARTS) is 2. The molecule has 0 fully saturated rings. The van der Waals surface area contributed by atoms with Crippen molar-refractivity contribution < 1.29 is 24.9 Å². The number of aromatic carboxylic acids is 2. The van der Waals surface area contributed by atoms with E-state index in [-0.39, 0.29) is 99.2 Å². The summed E-state index contributed by atoms with van der Waals surface area (Å²) >= 11 is 0. The smallest absolute Gasteiger partial charge is 0.354 e. The van der Waals surface area contributed by atoms with Crippen molar-refractivity contribution in [2.45, 2.75) is 184 Å². The van der Waals surface area contributed by atoms with Crippen LogP contribution in [0.4, 0.5) is 29.6 Å². The quantitative estimate of drug-likeness (QED) is 0.0536. The van der Waals surface area contributed by atoms with Crippen molar-refractivity contribution in [3.63, 3.8) is 0 Å². The molecule has 7 aromatic heterocycles. The number of nitrogens with zero attached hydrogens (tertiary/aromatic N) is 11. The lowest BCUT2D eigenvalue weighted by Crippen LogP contribution is -2.32. The minimum atomic E-state index is -1.23. The van der Waals surface area contributed by atoms with Crippen molar-refractivity contribution >= 4 is 71.2 Å². The Balaban J connectivity index is 0.00000120. The summed E-state index contributed by atoms with van der Waals surface area (Å²) in [4.78, 5) is 102.